The van der Waals surface area contributed by atoms with Crippen LogP contribution in [0.3, 0.4) is 0 Å². The molecule has 96 valence electrons. The number of hydrogen-bond donors (Lipinski definition) is 1. The highest BCUT2D eigenvalue weighted by Gasteiger charge is 2.04. The van der Waals surface area contributed by atoms with Crippen LogP contribution in [-0.2, 0) is 6.54 Å². The molecule has 0 spiro atoms. The van der Waals surface area contributed by atoms with E-state index >= 15 is 0 Å². The molecule has 0 radical (unpaired) electrons. The lowest BCUT2D eigenvalue weighted by molar-refractivity contribution is 0.271. The standard InChI is InChI=1S/C13H19F2NO/c1-16(5-3-2-4-6-17)10-11-7-12(14)9-13(15)8-11/h7-9,17H,2-6,10H2,1H3. The second-order valence-corrected chi connectivity index (χ2v) is 4.30. The summed E-state index contributed by atoms with van der Waals surface area (Å²) in [6.07, 6.45) is 2.76. The van der Waals surface area contributed by atoms with Crippen LogP contribution in [0.25, 0.3) is 0 Å². The Labute approximate surface area is 101 Å². The summed E-state index contributed by atoms with van der Waals surface area (Å²) in [5, 5.41) is 8.63. The fourth-order valence-corrected chi connectivity index (χ4v) is 1.76. The molecule has 0 atom stereocenters. The van der Waals surface area contributed by atoms with Gasteiger partial charge in [-0.05, 0) is 50.6 Å². The average Bonchev–Trinajstić information content (AvgIpc) is 2.23. The van der Waals surface area contributed by atoms with Crippen molar-refractivity contribution in [3.05, 3.63) is 35.4 Å². The number of halogens is 2. The normalized spacial score (nSPS) is 11.1. The maximum atomic E-state index is 12.9. The maximum Gasteiger partial charge on any atom is 0.126 e. The van der Waals surface area contributed by atoms with Crippen LogP contribution in [0.4, 0.5) is 8.78 Å². The summed E-state index contributed by atoms with van der Waals surface area (Å²) < 4.78 is 25.9. The van der Waals surface area contributed by atoms with Crippen molar-refractivity contribution >= 4 is 0 Å². The molecule has 0 unspecified atom stereocenters. The molecule has 0 aliphatic carbocycles. The molecule has 1 aromatic carbocycles. The van der Waals surface area contributed by atoms with Gasteiger partial charge in [0.25, 0.3) is 0 Å². The van der Waals surface area contributed by atoms with Gasteiger partial charge in [-0.1, -0.05) is 0 Å². The van der Waals surface area contributed by atoms with Crippen molar-refractivity contribution in [1.82, 2.24) is 4.90 Å². The van der Waals surface area contributed by atoms with Crippen LogP contribution in [0.15, 0.2) is 18.2 Å². The Morgan fingerprint density at radius 1 is 1.06 bits per heavy atom. The first kappa shape index (κ1) is 14.1. The van der Waals surface area contributed by atoms with E-state index in [4.69, 9.17) is 5.11 Å². The molecule has 4 heteroatoms. The van der Waals surface area contributed by atoms with Crippen molar-refractivity contribution in [2.45, 2.75) is 25.8 Å². The van der Waals surface area contributed by atoms with E-state index in [2.05, 4.69) is 0 Å². The van der Waals surface area contributed by atoms with Crippen molar-refractivity contribution < 1.29 is 13.9 Å². The van der Waals surface area contributed by atoms with Crippen molar-refractivity contribution in [2.75, 3.05) is 20.2 Å². The second kappa shape index (κ2) is 7.35. The van der Waals surface area contributed by atoms with Crippen LogP contribution in [-0.4, -0.2) is 30.2 Å². The quantitative estimate of drug-likeness (QED) is 0.744. The van der Waals surface area contributed by atoms with Gasteiger partial charge in [0, 0.05) is 19.2 Å². The Morgan fingerprint density at radius 2 is 1.71 bits per heavy atom. The van der Waals surface area contributed by atoms with Crippen LogP contribution in [0.1, 0.15) is 24.8 Å². The van der Waals surface area contributed by atoms with Gasteiger partial charge in [0.2, 0.25) is 0 Å². The predicted molar refractivity (Wildman–Crippen MR) is 63.6 cm³/mol. The van der Waals surface area contributed by atoms with E-state index in [9.17, 15) is 8.78 Å². The van der Waals surface area contributed by atoms with E-state index in [0.717, 1.165) is 31.9 Å². The summed E-state index contributed by atoms with van der Waals surface area (Å²) >= 11 is 0. The average molecular weight is 243 g/mol. The zero-order chi connectivity index (χ0) is 12.7. The van der Waals surface area contributed by atoms with Crippen molar-refractivity contribution in [1.29, 1.82) is 0 Å². The molecule has 0 saturated carbocycles. The Bertz CT molecular complexity index is 324. The topological polar surface area (TPSA) is 23.5 Å². The van der Waals surface area contributed by atoms with E-state index in [0.29, 0.717) is 12.1 Å². The fraction of sp³-hybridized carbons (Fsp3) is 0.538. The first-order valence-corrected chi connectivity index (χ1v) is 5.86. The molecule has 0 amide bonds. The highest BCUT2D eigenvalue weighted by Crippen LogP contribution is 2.10. The van der Waals surface area contributed by atoms with Crippen molar-refractivity contribution in [3.8, 4) is 0 Å². The number of benzene rings is 1. The minimum absolute atomic E-state index is 0.221. The fourth-order valence-electron chi connectivity index (χ4n) is 1.76. The third-order valence-corrected chi connectivity index (χ3v) is 2.57. The van der Waals surface area contributed by atoms with E-state index in [1.807, 2.05) is 11.9 Å². The number of rotatable bonds is 7. The Balaban J connectivity index is 2.36. The third kappa shape index (κ3) is 5.75. The van der Waals surface area contributed by atoms with Crippen LogP contribution >= 0.6 is 0 Å². The van der Waals surface area contributed by atoms with Gasteiger partial charge in [-0.15, -0.1) is 0 Å². The molecule has 0 aliphatic heterocycles. The van der Waals surface area contributed by atoms with E-state index < -0.39 is 11.6 Å². The minimum atomic E-state index is -0.534. The van der Waals surface area contributed by atoms with Crippen molar-refractivity contribution in [3.63, 3.8) is 0 Å². The number of unbranched alkanes of at least 4 members (excludes halogenated alkanes) is 2. The first-order valence-electron chi connectivity index (χ1n) is 5.86. The molecule has 0 aromatic heterocycles. The summed E-state index contributed by atoms with van der Waals surface area (Å²) in [6, 6.07) is 3.59. The van der Waals surface area contributed by atoms with Gasteiger partial charge < -0.3 is 10.0 Å². The predicted octanol–water partition coefficient (Wildman–Crippen LogP) is 2.56. The number of aliphatic hydroxyl groups is 1. The first-order chi connectivity index (χ1) is 8.11. The van der Waals surface area contributed by atoms with Gasteiger partial charge in [0.1, 0.15) is 11.6 Å². The van der Waals surface area contributed by atoms with Gasteiger partial charge in [-0.2, -0.15) is 0 Å². The van der Waals surface area contributed by atoms with Crippen LogP contribution < -0.4 is 0 Å². The molecule has 0 bridgehead atoms. The molecular weight excluding hydrogens is 224 g/mol. The second-order valence-electron chi connectivity index (χ2n) is 4.30. The minimum Gasteiger partial charge on any atom is -0.396 e. The number of aliphatic hydroxyl groups excluding tert-OH is 1. The largest absolute Gasteiger partial charge is 0.396 e. The Kier molecular flexibility index (Phi) is 6.08. The molecule has 2 nitrogen and oxygen atoms in total. The highest BCUT2D eigenvalue weighted by atomic mass is 19.1. The molecule has 1 rings (SSSR count). The molecule has 0 fully saturated rings. The highest BCUT2D eigenvalue weighted by molar-refractivity contribution is 5.17. The molecule has 17 heavy (non-hydrogen) atoms. The lowest BCUT2D eigenvalue weighted by atomic mass is 10.2. The van der Waals surface area contributed by atoms with Crippen LogP contribution in [0.5, 0.6) is 0 Å². The summed E-state index contributed by atoms with van der Waals surface area (Å²) in [6.45, 7) is 1.62. The van der Waals surface area contributed by atoms with E-state index in [-0.39, 0.29) is 6.61 Å². The van der Waals surface area contributed by atoms with Gasteiger partial charge in [0.15, 0.2) is 0 Å². The molecule has 0 saturated heterocycles. The van der Waals surface area contributed by atoms with E-state index in [1.165, 1.54) is 12.1 Å². The summed E-state index contributed by atoms with van der Waals surface area (Å²) in [5.74, 6) is -1.07. The molecule has 0 heterocycles. The molecule has 1 aromatic rings. The summed E-state index contributed by atoms with van der Waals surface area (Å²) in [4.78, 5) is 2.02. The lowest BCUT2D eigenvalue weighted by Gasteiger charge is -2.16. The monoisotopic (exact) mass is 243 g/mol. The van der Waals surface area contributed by atoms with E-state index in [1.54, 1.807) is 0 Å². The third-order valence-electron chi connectivity index (χ3n) is 2.57. The van der Waals surface area contributed by atoms with Crippen molar-refractivity contribution in [2.24, 2.45) is 0 Å². The van der Waals surface area contributed by atoms with Gasteiger partial charge >= 0.3 is 0 Å². The lowest BCUT2D eigenvalue weighted by Crippen LogP contribution is -2.19. The van der Waals surface area contributed by atoms with Gasteiger partial charge in [0.05, 0.1) is 0 Å². The Hall–Kier alpha value is -1.00. The Morgan fingerprint density at radius 3 is 2.29 bits per heavy atom. The van der Waals surface area contributed by atoms with Crippen LogP contribution in [0.2, 0.25) is 0 Å². The number of nitrogens with zero attached hydrogens (tertiary/aromatic N) is 1. The summed E-state index contributed by atoms with van der Waals surface area (Å²) in [5.41, 5.74) is 0.646. The zero-order valence-corrected chi connectivity index (χ0v) is 10.1. The summed E-state index contributed by atoms with van der Waals surface area (Å²) in [7, 11) is 1.92. The number of hydrogen-bond acceptors (Lipinski definition) is 2. The van der Waals surface area contributed by atoms with Gasteiger partial charge in [-0.25, -0.2) is 8.78 Å². The smallest absolute Gasteiger partial charge is 0.126 e. The SMILES string of the molecule is CN(CCCCCO)Cc1cc(F)cc(F)c1. The molecular formula is C13H19F2NO. The molecule has 1 N–H and O–H groups in total. The zero-order valence-electron chi connectivity index (χ0n) is 10.1. The van der Waals surface area contributed by atoms with Crippen LogP contribution in [0, 0.1) is 11.6 Å². The molecule has 0 aliphatic rings. The van der Waals surface area contributed by atoms with Gasteiger partial charge in [-0.3, -0.25) is 0 Å². The maximum absolute atomic E-state index is 12.9.